The molecule has 1 unspecified atom stereocenters. The van der Waals surface area contributed by atoms with Gasteiger partial charge in [-0.15, -0.1) is 0 Å². The lowest BCUT2D eigenvalue weighted by molar-refractivity contribution is 0.0843. The Morgan fingerprint density at radius 2 is 1.96 bits per heavy atom. The van der Waals surface area contributed by atoms with Crippen LogP contribution >= 0.6 is 0 Å². The first-order valence-corrected chi connectivity index (χ1v) is 8.85. The maximum absolute atomic E-state index is 10.5. The van der Waals surface area contributed by atoms with Gasteiger partial charge in [0.1, 0.15) is 17.1 Å². The number of benzene rings is 2. The van der Waals surface area contributed by atoms with Crippen LogP contribution < -0.4 is 10.2 Å². The highest BCUT2D eigenvalue weighted by atomic mass is 16.5. The molecule has 0 amide bonds. The van der Waals surface area contributed by atoms with Crippen molar-refractivity contribution in [2.45, 2.75) is 51.7 Å². The standard InChI is InChI=1S/C21H24N2O2/c1-13-4-6-14(7-5-13)17-11-18(23-22-17)16-10-15-8-9-21(2,3)25-20(15)12-19(16)24/h4-7,10,12,17,22,24H,8-9,11H2,1-3H3. The average molecular weight is 336 g/mol. The zero-order valence-electron chi connectivity index (χ0n) is 15.0. The molecule has 0 saturated heterocycles. The van der Waals surface area contributed by atoms with E-state index in [1.165, 1.54) is 11.1 Å². The van der Waals surface area contributed by atoms with Crippen molar-refractivity contribution in [3.8, 4) is 11.5 Å². The molecule has 0 radical (unpaired) electrons. The Bertz CT molecular complexity index is 838. The predicted molar refractivity (Wildman–Crippen MR) is 99.3 cm³/mol. The van der Waals surface area contributed by atoms with Crippen LogP contribution in [-0.4, -0.2) is 16.4 Å². The van der Waals surface area contributed by atoms with Crippen LogP contribution in [0.25, 0.3) is 0 Å². The molecule has 0 saturated carbocycles. The van der Waals surface area contributed by atoms with Gasteiger partial charge < -0.3 is 15.3 Å². The minimum Gasteiger partial charge on any atom is -0.507 e. The molecule has 1 atom stereocenters. The van der Waals surface area contributed by atoms with E-state index in [-0.39, 0.29) is 17.4 Å². The summed E-state index contributed by atoms with van der Waals surface area (Å²) in [5.41, 5.74) is 8.35. The monoisotopic (exact) mass is 336 g/mol. The summed E-state index contributed by atoms with van der Waals surface area (Å²) < 4.78 is 6.00. The average Bonchev–Trinajstić information content (AvgIpc) is 3.04. The molecule has 2 aliphatic heterocycles. The number of hydrogen-bond donors (Lipinski definition) is 2. The Balaban J connectivity index is 1.58. The number of hydrogen-bond acceptors (Lipinski definition) is 4. The van der Waals surface area contributed by atoms with Crippen molar-refractivity contribution in [2.75, 3.05) is 0 Å². The quantitative estimate of drug-likeness (QED) is 0.862. The second-order valence-corrected chi connectivity index (χ2v) is 7.69. The van der Waals surface area contributed by atoms with Crippen molar-refractivity contribution >= 4 is 5.71 Å². The summed E-state index contributed by atoms with van der Waals surface area (Å²) in [4.78, 5) is 0. The fraction of sp³-hybridized carbons (Fsp3) is 0.381. The number of aryl methyl sites for hydroxylation is 2. The maximum Gasteiger partial charge on any atom is 0.128 e. The third-order valence-electron chi connectivity index (χ3n) is 5.10. The van der Waals surface area contributed by atoms with Gasteiger partial charge in [0.2, 0.25) is 0 Å². The minimum atomic E-state index is -0.177. The first-order chi connectivity index (χ1) is 11.9. The summed E-state index contributed by atoms with van der Waals surface area (Å²) in [7, 11) is 0. The fourth-order valence-electron chi connectivity index (χ4n) is 3.52. The molecule has 0 aromatic heterocycles. The van der Waals surface area contributed by atoms with E-state index < -0.39 is 0 Å². The second kappa shape index (κ2) is 5.80. The zero-order valence-corrected chi connectivity index (χ0v) is 15.0. The summed E-state index contributed by atoms with van der Waals surface area (Å²) in [5.74, 6) is 1.03. The highest BCUT2D eigenvalue weighted by molar-refractivity contribution is 6.04. The van der Waals surface area contributed by atoms with E-state index in [0.717, 1.165) is 41.9 Å². The molecule has 2 aromatic carbocycles. The molecule has 2 N–H and O–H groups in total. The highest BCUT2D eigenvalue weighted by Crippen LogP contribution is 2.38. The largest absolute Gasteiger partial charge is 0.507 e. The van der Waals surface area contributed by atoms with E-state index in [1.54, 1.807) is 6.07 Å². The number of rotatable bonds is 2. The molecule has 0 aliphatic carbocycles. The topological polar surface area (TPSA) is 53.9 Å². The van der Waals surface area contributed by atoms with Crippen LogP contribution in [0.3, 0.4) is 0 Å². The van der Waals surface area contributed by atoms with Crippen LogP contribution in [0, 0.1) is 6.92 Å². The second-order valence-electron chi connectivity index (χ2n) is 7.69. The van der Waals surface area contributed by atoms with E-state index in [4.69, 9.17) is 4.74 Å². The lowest BCUT2D eigenvalue weighted by atomic mass is 9.91. The van der Waals surface area contributed by atoms with Crippen LogP contribution in [0.5, 0.6) is 11.5 Å². The number of phenols is 1. The normalized spacial score (nSPS) is 21.1. The van der Waals surface area contributed by atoms with Crippen molar-refractivity contribution in [3.63, 3.8) is 0 Å². The Hall–Kier alpha value is -2.49. The SMILES string of the molecule is Cc1ccc(C2CC(c3cc4c(cc3O)OC(C)(C)CC4)=NN2)cc1. The van der Waals surface area contributed by atoms with E-state index in [1.807, 2.05) is 6.07 Å². The van der Waals surface area contributed by atoms with Crippen molar-refractivity contribution in [2.24, 2.45) is 5.10 Å². The molecule has 4 rings (SSSR count). The molecule has 130 valence electrons. The first-order valence-electron chi connectivity index (χ1n) is 8.85. The number of aromatic hydroxyl groups is 1. The lowest BCUT2D eigenvalue weighted by Crippen LogP contribution is -2.32. The van der Waals surface area contributed by atoms with E-state index >= 15 is 0 Å². The predicted octanol–water partition coefficient (Wildman–Crippen LogP) is 4.24. The van der Waals surface area contributed by atoms with Crippen LogP contribution in [-0.2, 0) is 6.42 Å². The summed E-state index contributed by atoms with van der Waals surface area (Å²) in [6.07, 6.45) is 2.69. The van der Waals surface area contributed by atoms with Gasteiger partial charge in [0, 0.05) is 18.1 Å². The highest BCUT2D eigenvalue weighted by Gasteiger charge is 2.29. The third-order valence-corrected chi connectivity index (χ3v) is 5.10. The molecule has 2 aromatic rings. The van der Waals surface area contributed by atoms with Gasteiger partial charge in [0.25, 0.3) is 0 Å². The Kier molecular flexibility index (Phi) is 3.71. The van der Waals surface area contributed by atoms with Crippen LogP contribution in [0.15, 0.2) is 41.5 Å². The molecule has 0 bridgehead atoms. The summed E-state index contributed by atoms with van der Waals surface area (Å²) >= 11 is 0. The molecule has 25 heavy (non-hydrogen) atoms. The van der Waals surface area contributed by atoms with Gasteiger partial charge in [-0.3, -0.25) is 0 Å². The minimum absolute atomic E-state index is 0.154. The van der Waals surface area contributed by atoms with Gasteiger partial charge in [0.15, 0.2) is 0 Å². The summed E-state index contributed by atoms with van der Waals surface area (Å²) in [6, 6.07) is 12.4. The Labute approximate surface area is 148 Å². The molecular formula is C21H24N2O2. The van der Waals surface area contributed by atoms with E-state index in [2.05, 4.69) is 55.6 Å². The van der Waals surface area contributed by atoms with E-state index in [9.17, 15) is 5.11 Å². The van der Waals surface area contributed by atoms with Crippen molar-refractivity contribution in [3.05, 3.63) is 58.7 Å². The molecule has 2 aliphatic rings. The van der Waals surface area contributed by atoms with Crippen LogP contribution in [0.2, 0.25) is 0 Å². The lowest BCUT2D eigenvalue weighted by Gasteiger charge is -2.33. The number of hydrazone groups is 1. The molecule has 4 heteroatoms. The summed E-state index contributed by atoms with van der Waals surface area (Å²) in [5, 5.41) is 15.0. The zero-order chi connectivity index (χ0) is 17.6. The molecule has 0 fully saturated rings. The molecule has 0 spiro atoms. The number of ether oxygens (including phenoxy) is 1. The van der Waals surface area contributed by atoms with Crippen molar-refractivity contribution in [1.82, 2.24) is 5.43 Å². The van der Waals surface area contributed by atoms with Gasteiger partial charge >= 0.3 is 0 Å². The third kappa shape index (κ3) is 3.09. The molecule has 2 heterocycles. The van der Waals surface area contributed by atoms with Crippen molar-refractivity contribution < 1.29 is 9.84 Å². The summed E-state index contributed by atoms with van der Waals surface area (Å²) in [6.45, 7) is 6.25. The number of nitrogens with zero attached hydrogens (tertiary/aromatic N) is 1. The van der Waals surface area contributed by atoms with Crippen LogP contribution in [0.1, 0.15) is 55.0 Å². The molecule has 4 nitrogen and oxygen atoms in total. The number of fused-ring (bicyclic) bond motifs is 1. The van der Waals surface area contributed by atoms with Crippen molar-refractivity contribution in [1.29, 1.82) is 0 Å². The van der Waals surface area contributed by atoms with E-state index in [0.29, 0.717) is 0 Å². The smallest absolute Gasteiger partial charge is 0.128 e. The number of nitrogens with one attached hydrogen (secondary N) is 1. The van der Waals surface area contributed by atoms with Gasteiger partial charge in [-0.1, -0.05) is 29.8 Å². The Morgan fingerprint density at radius 1 is 1.20 bits per heavy atom. The van der Waals surface area contributed by atoms with Gasteiger partial charge in [-0.2, -0.15) is 5.10 Å². The van der Waals surface area contributed by atoms with Crippen LogP contribution in [0.4, 0.5) is 0 Å². The fourth-order valence-corrected chi connectivity index (χ4v) is 3.52. The van der Waals surface area contributed by atoms with Gasteiger partial charge in [0.05, 0.1) is 11.8 Å². The van der Waals surface area contributed by atoms with Gasteiger partial charge in [-0.05, 0) is 50.8 Å². The first kappa shape index (κ1) is 16.0. The molecular weight excluding hydrogens is 312 g/mol. The Morgan fingerprint density at radius 3 is 2.72 bits per heavy atom. The maximum atomic E-state index is 10.5. The van der Waals surface area contributed by atoms with Gasteiger partial charge in [-0.25, -0.2) is 0 Å². The number of phenolic OH excluding ortho intramolecular Hbond substituents is 1.